The molecule has 0 aliphatic rings. The number of rotatable bonds is 6. The van der Waals surface area contributed by atoms with E-state index < -0.39 is 18.5 Å². The maximum Gasteiger partial charge on any atom is 0.338 e. The molecule has 1 amide bonds. The van der Waals surface area contributed by atoms with Gasteiger partial charge in [-0.15, -0.1) is 0 Å². The summed E-state index contributed by atoms with van der Waals surface area (Å²) in [6, 6.07) is 9.94. The molecule has 0 aromatic heterocycles. The van der Waals surface area contributed by atoms with Crippen molar-refractivity contribution in [1.82, 2.24) is 0 Å². The Hall–Kier alpha value is -2.00. The van der Waals surface area contributed by atoms with Crippen molar-refractivity contribution >= 4 is 51.8 Å². The average Bonchev–Trinajstić information content (AvgIpc) is 2.60. The zero-order valence-electron chi connectivity index (χ0n) is 13.5. The molecule has 8 heteroatoms. The van der Waals surface area contributed by atoms with Gasteiger partial charge in [0.15, 0.2) is 6.61 Å². The van der Waals surface area contributed by atoms with E-state index in [0.29, 0.717) is 27.8 Å². The zero-order valence-corrected chi connectivity index (χ0v) is 16.4. The smallest absolute Gasteiger partial charge is 0.338 e. The third-order valence-electron chi connectivity index (χ3n) is 3.14. The normalized spacial score (nSPS) is 10.1. The summed E-state index contributed by atoms with van der Waals surface area (Å²) in [4.78, 5) is 24.0. The predicted molar refractivity (Wildman–Crippen MR) is 103 cm³/mol. The van der Waals surface area contributed by atoms with Gasteiger partial charge < -0.3 is 19.5 Å². The Labute approximate surface area is 163 Å². The molecular formula is C17H15ClINO5. The van der Waals surface area contributed by atoms with Gasteiger partial charge >= 0.3 is 5.97 Å². The van der Waals surface area contributed by atoms with Gasteiger partial charge in [-0.3, -0.25) is 4.79 Å². The lowest BCUT2D eigenvalue weighted by Crippen LogP contribution is -2.21. The van der Waals surface area contributed by atoms with Crippen LogP contribution in [0.25, 0.3) is 0 Å². The van der Waals surface area contributed by atoms with Crippen LogP contribution in [0.2, 0.25) is 5.02 Å². The Kier molecular flexibility index (Phi) is 6.89. The van der Waals surface area contributed by atoms with Crippen molar-refractivity contribution in [2.24, 2.45) is 0 Å². The van der Waals surface area contributed by atoms with Gasteiger partial charge in [0.25, 0.3) is 5.91 Å². The maximum atomic E-state index is 12.0. The van der Waals surface area contributed by atoms with Crippen LogP contribution in [0.1, 0.15) is 10.4 Å². The van der Waals surface area contributed by atoms with Gasteiger partial charge in [-0.05, 0) is 40.8 Å². The van der Waals surface area contributed by atoms with E-state index in [2.05, 4.69) is 27.9 Å². The van der Waals surface area contributed by atoms with Crippen LogP contribution in [-0.2, 0) is 9.53 Å². The summed E-state index contributed by atoms with van der Waals surface area (Å²) in [7, 11) is 2.91. The van der Waals surface area contributed by atoms with Crippen molar-refractivity contribution in [2.75, 3.05) is 26.1 Å². The number of ether oxygens (including phenoxy) is 3. The fourth-order valence-corrected chi connectivity index (χ4v) is 2.75. The van der Waals surface area contributed by atoms with E-state index in [1.54, 1.807) is 18.2 Å². The highest BCUT2D eigenvalue weighted by molar-refractivity contribution is 14.1. The molecule has 0 bridgehead atoms. The van der Waals surface area contributed by atoms with Crippen molar-refractivity contribution in [3.8, 4) is 11.5 Å². The molecule has 0 aliphatic heterocycles. The first-order valence-corrected chi connectivity index (χ1v) is 8.54. The number of anilines is 1. The molecule has 0 saturated carbocycles. The molecule has 0 radical (unpaired) electrons. The number of benzene rings is 2. The van der Waals surface area contributed by atoms with Crippen LogP contribution in [0.4, 0.5) is 5.69 Å². The highest BCUT2D eigenvalue weighted by Gasteiger charge is 2.15. The van der Waals surface area contributed by atoms with Gasteiger partial charge in [0, 0.05) is 15.7 Å². The second-order valence-corrected chi connectivity index (χ2v) is 6.47. The van der Waals surface area contributed by atoms with Crippen molar-refractivity contribution in [3.05, 3.63) is 50.6 Å². The van der Waals surface area contributed by atoms with Crippen molar-refractivity contribution in [1.29, 1.82) is 0 Å². The van der Waals surface area contributed by atoms with Crippen molar-refractivity contribution in [3.63, 3.8) is 0 Å². The third kappa shape index (κ3) is 5.23. The summed E-state index contributed by atoms with van der Waals surface area (Å²) < 4.78 is 16.2. The highest BCUT2D eigenvalue weighted by Crippen LogP contribution is 2.35. The Balaban J connectivity index is 2.02. The van der Waals surface area contributed by atoms with Gasteiger partial charge in [-0.2, -0.15) is 0 Å². The van der Waals surface area contributed by atoms with Crippen molar-refractivity contribution < 1.29 is 23.8 Å². The molecule has 0 aliphatic carbocycles. The molecule has 0 spiro atoms. The maximum absolute atomic E-state index is 12.0. The van der Waals surface area contributed by atoms with Crippen LogP contribution in [0.5, 0.6) is 11.5 Å². The number of amides is 1. The molecule has 2 rings (SSSR count). The number of hydrogen-bond acceptors (Lipinski definition) is 5. The van der Waals surface area contributed by atoms with E-state index in [0.717, 1.165) is 3.57 Å². The highest BCUT2D eigenvalue weighted by atomic mass is 127. The first kappa shape index (κ1) is 19.3. The van der Waals surface area contributed by atoms with E-state index in [4.69, 9.17) is 25.8 Å². The first-order valence-electron chi connectivity index (χ1n) is 7.08. The van der Waals surface area contributed by atoms with Crippen LogP contribution < -0.4 is 14.8 Å². The zero-order chi connectivity index (χ0) is 18.4. The van der Waals surface area contributed by atoms with Gasteiger partial charge in [-0.1, -0.05) is 17.7 Å². The number of esters is 1. The van der Waals surface area contributed by atoms with E-state index in [9.17, 15) is 9.59 Å². The summed E-state index contributed by atoms with van der Waals surface area (Å²) in [6.45, 7) is -0.432. The molecule has 0 saturated heterocycles. The topological polar surface area (TPSA) is 73.9 Å². The van der Waals surface area contributed by atoms with Gasteiger partial charge in [-0.25, -0.2) is 4.79 Å². The van der Waals surface area contributed by atoms with E-state index in [1.165, 1.54) is 26.4 Å². The molecule has 0 heterocycles. The third-order valence-corrected chi connectivity index (χ3v) is 4.11. The van der Waals surface area contributed by atoms with E-state index >= 15 is 0 Å². The average molecular weight is 476 g/mol. The SMILES string of the molecule is COc1cc(NC(=O)COC(=O)c2cccc(I)c2)c(OC)cc1Cl. The lowest BCUT2D eigenvalue weighted by atomic mass is 10.2. The molecule has 0 unspecified atom stereocenters. The summed E-state index contributed by atoms with van der Waals surface area (Å²) in [5.74, 6) is -0.340. The van der Waals surface area contributed by atoms with Crippen molar-refractivity contribution in [2.45, 2.75) is 0 Å². The van der Waals surface area contributed by atoms with Crippen LogP contribution in [-0.4, -0.2) is 32.7 Å². The minimum atomic E-state index is -0.575. The van der Waals surface area contributed by atoms with Crippen LogP contribution >= 0.6 is 34.2 Å². The van der Waals surface area contributed by atoms with E-state index in [1.807, 2.05) is 6.07 Å². The number of methoxy groups -OCH3 is 2. The van der Waals surface area contributed by atoms with E-state index in [-0.39, 0.29) is 0 Å². The number of hydrogen-bond donors (Lipinski definition) is 1. The van der Waals surface area contributed by atoms with Crippen LogP contribution in [0.3, 0.4) is 0 Å². The largest absolute Gasteiger partial charge is 0.495 e. The Morgan fingerprint density at radius 2 is 1.84 bits per heavy atom. The molecule has 0 atom stereocenters. The number of carbonyl (C=O) groups is 2. The van der Waals surface area contributed by atoms with Gasteiger partial charge in [0.2, 0.25) is 0 Å². The monoisotopic (exact) mass is 475 g/mol. The standard InChI is InChI=1S/C17H15ClINO5/c1-23-14-8-13(15(24-2)7-12(14)18)20-16(21)9-25-17(22)10-4-3-5-11(19)6-10/h3-8H,9H2,1-2H3,(H,20,21). The number of carbonyl (C=O) groups excluding carboxylic acids is 2. The molecule has 132 valence electrons. The first-order chi connectivity index (χ1) is 11.9. The number of halogens is 2. The lowest BCUT2D eigenvalue weighted by Gasteiger charge is -2.13. The molecule has 2 aromatic rings. The predicted octanol–water partition coefficient (Wildman–Crippen LogP) is 3.76. The fraction of sp³-hybridized carbons (Fsp3) is 0.176. The minimum Gasteiger partial charge on any atom is -0.495 e. The quantitative estimate of drug-likeness (QED) is 0.509. The summed E-state index contributed by atoms with van der Waals surface area (Å²) in [5.41, 5.74) is 0.740. The molecule has 0 fully saturated rings. The second kappa shape index (κ2) is 8.91. The molecule has 1 N–H and O–H groups in total. The van der Waals surface area contributed by atoms with Gasteiger partial charge in [0.05, 0.1) is 30.5 Å². The van der Waals surface area contributed by atoms with Gasteiger partial charge in [0.1, 0.15) is 11.5 Å². The Morgan fingerprint density at radius 3 is 2.48 bits per heavy atom. The Bertz CT molecular complexity index is 797. The minimum absolute atomic E-state index is 0.349. The van der Waals surface area contributed by atoms with Crippen LogP contribution in [0, 0.1) is 3.57 Å². The van der Waals surface area contributed by atoms with Crippen LogP contribution in [0.15, 0.2) is 36.4 Å². The Morgan fingerprint density at radius 1 is 1.12 bits per heavy atom. The summed E-state index contributed by atoms with van der Waals surface area (Å²) in [6.07, 6.45) is 0. The lowest BCUT2D eigenvalue weighted by molar-refractivity contribution is -0.119. The molecular weight excluding hydrogens is 461 g/mol. The molecule has 25 heavy (non-hydrogen) atoms. The molecule has 2 aromatic carbocycles. The summed E-state index contributed by atoms with van der Waals surface area (Å²) >= 11 is 8.10. The summed E-state index contributed by atoms with van der Waals surface area (Å²) in [5, 5.41) is 2.95. The number of nitrogens with one attached hydrogen (secondary N) is 1. The fourth-order valence-electron chi connectivity index (χ4n) is 1.97. The molecule has 6 nitrogen and oxygen atoms in total. The second-order valence-electron chi connectivity index (χ2n) is 4.82.